The van der Waals surface area contributed by atoms with Gasteiger partial charge in [-0.15, -0.1) is 0 Å². The average molecular weight is 160 g/mol. The molecule has 0 unspecified atom stereocenters. The Morgan fingerprint density at radius 3 is 2.70 bits per heavy atom. The SMILES string of the molecule is N=C(CC(N)=NCl)C1CC1. The predicted octanol–water partition coefficient (Wildman–Crippen LogP) is 1.32. The van der Waals surface area contributed by atoms with E-state index < -0.39 is 0 Å². The maximum absolute atomic E-state index is 7.42. The van der Waals surface area contributed by atoms with E-state index in [1.165, 1.54) is 0 Å². The van der Waals surface area contributed by atoms with Crippen LogP contribution in [0.3, 0.4) is 0 Å². The lowest BCUT2D eigenvalue weighted by molar-refractivity contribution is 1.12. The van der Waals surface area contributed by atoms with Gasteiger partial charge < -0.3 is 11.1 Å². The summed E-state index contributed by atoms with van der Waals surface area (Å²) in [5.41, 5.74) is 5.99. The molecular formula is C6H10ClN3. The standard InChI is InChI=1S/C6H10ClN3/c7-10-6(9)3-5(8)4-1-2-4/h4,8H,1-3H2,(H2,9,10). The van der Waals surface area contributed by atoms with E-state index in [0.717, 1.165) is 12.8 Å². The van der Waals surface area contributed by atoms with Gasteiger partial charge in [0.05, 0.1) is 0 Å². The smallest absolute Gasteiger partial charge is 0.119 e. The lowest BCUT2D eigenvalue weighted by atomic mass is 10.2. The summed E-state index contributed by atoms with van der Waals surface area (Å²) in [7, 11) is 0. The lowest BCUT2D eigenvalue weighted by Crippen LogP contribution is -2.16. The molecule has 0 heterocycles. The van der Waals surface area contributed by atoms with Crippen LogP contribution < -0.4 is 5.73 Å². The predicted molar refractivity (Wildman–Crippen MR) is 42.5 cm³/mol. The van der Waals surface area contributed by atoms with Gasteiger partial charge in [0, 0.05) is 23.9 Å². The molecule has 3 N–H and O–H groups in total. The first-order valence-electron chi connectivity index (χ1n) is 3.24. The van der Waals surface area contributed by atoms with Crippen LogP contribution in [0, 0.1) is 11.3 Å². The zero-order valence-corrected chi connectivity index (χ0v) is 6.36. The zero-order valence-electron chi connectivity index (χ0n) is 5.60. The molecule has 0 bridgehead atoms. The Balaban J connectivity index is 2.30. The van der Waals surface area contributed by atoms with Gasteiger partial charge in [-0.3, -0.25) is 0 Å². The Morgan fingerprint density at radius 1 is 1.70 bits per heavy atom. The molecule has 0 atom stereocenters. The molecular weight excluding hydrogens is 150 g/mol. The third kappa shape index (κ3) is 1.99. The average Bonchev–Trinajstić information content (AvgIpc) is 2.68. The summed E-state index contributed by atoms with van der Waals surface area (Å²) in [4.78, 5) is 0. The fraction of sp³-hybridized carbons (Fsp3) is 0.667. The fourth-order valence-electron chi connectivity index (χ4n) is 0.801. The number of hydrogen-bond acceptors (Lipinski definition) is 2. The maximum Gasteiger partial charge on any atom is 0.119 e. The highest BCUT2D eigenvalue weighted by atomic mass is 35.5. The second-order valence-electron chi connectivity index (χ2n) is 2.55. The summed E-state index contributed by atoms with van der Waals surface area (Å²) in [6.45, 7) is 0. The Hall–Kier alpha value is -0.570. The Labute approximate surface area is 64.9 Å². The molecule has 0 aliphatic heterocycles. The largest absolute Gasteiger partial charge is 0.386 e. The molecule has 0 aromatic rings. The molecule has 0 spiro atoms. The first-order chi connectivity index (χ1) is 4.74. The maximum atomic E-state index is 7.42. The minimum absolute atomic E-state index is 0.346. The highest BCUT2D eigenvalue weighted by Crippen LogP contribution is 2.30. The minimum atomic E-state index is 0.346. The van der Waals surface area contributed by atoms with Crippen LogP contribution in [0.1, 0.15) is 19.3 Å². The van der Waals surface area contributed by atoms with E-state index in [1.807, 2.05) is 0 Å². The number of nitrogens with one attached hydrogen (secondary N) is 1. The van der Waals surface area contributed by atoms with Crippen molar-refractivity contribution in [2.75, 3.05) is 0 Å². The topological polar surface area (TPSA) is 62.2 Å². The zero-order chi connectivity index (χ0) is 7.56. The molecule has 0 amide bonds. The first-order valence-corrected chi connectivity index (χ1v) is 3.58. The van der Waals surface area contributed by atoms with Crippen LogP contribution >= 0.6 is 11.8 Å². The van der Waals surface area contributed by atoms with Gasteiger partial charge in [-0.2, -0.15) is 4.51 Å². The third-order valence-corrected chi connectivity index (χ3v) is 1.77. The molecule has 4 heteroatoms. The second-order valence-corrected chi connectivity index (χ2v) is 2.72. The number of hydrogen-bond donors (Lipinski definition) is 2. The van der Waals surface area contributed by atoms with Crippen LogP contribution in [0.25, 0.3) is 0 Å². The molecule has 0 aromatic carbocycles. The summed E-state index contributed by atoms with van der Waals surface area (Å²) < 4.78 is 3.26. The summed E-state index contributed by atoms with van der Waals surface area (Å²) in [6, 6.07) is 0. The van der Waals surface area contributed by atoms with E-state index in [1.54, 1.807) is 0 Å². The van der Waals surface area contributed by atoms with Crippen molar-refractivity contribution in [3.63, 3.8) is 0 Å². The number of amidine groups is 1. The second kappa shape index (κ2) is 3.01. The van der Waals surface area contributed by atoms with Crippen LogP contribution in [-0.2, 0) is 0 Å². The van der Waals surface area contributed by atoms with E-state index in [0.29, 0.717) is 23.9 Å². The van der Waals surface area contributed by atoms with E-state index >= 15 is 0 Å². The molecule has 0 radical (unpaired) electrons. The van der Waals surface area contributed by atoms with Crippen molar-refractivity contribution in [1.82, 2.24) is 0 Å². The number of rotatable bonds is 3. The Kier molecular flexibility index (Phi) is 2.27. The molecule has 3 nitrogen and oxygen atoms in total. The molecule has 1 fully saturated rings. The van der Waals surface area contributed by atoms with Crippen LogP contribution in [0.2, 0.25) is 0 Å². The van der Waals surface area contributed by atoms with Crippen LogP contribution in [0.4, 0.5) is 0 Å². The van der Waals surface area contributed by atoms with Crippen molar-refractivity contribution in [3.8, 4) is 0 Å². The van der Waals surface area contributed by atoms with Crippen LogP contribution in [0.5, 0.6) is 0 Å². The first kappa shape index (κ1) is 7.54. The fourth-order valence-corrected chi connectivity index (χ4v) is 0.861. The van der Waals surface area contributed by atoms with Gasteiger partial charge in [0.1, 0.15) is 5.84 Å². The van der Waals surface area contributed by atoms with Crippen molar-refractivity contribution in [2.24, 2.45) is 16.2 Å². The van der Waals surface area contributed by atoms with Gasteiger partial charge in [0.2, 0.25) is 0 Å². The van der Waals surface area contributed by atoms with Crippen molar-refractivity contribution < 1.29 is 0 Å². The lowest BCUT2D eigenvalue weighted by Gasteiger charge is -1.97. The molecule has 0 aromatic heterocycles. The summed E-state index contributed by atoms with van der Waals surface area (Å²) in [5.74, 6) is 0.815. The van der Waals surface area contributed by atoms with Gasteiger partial charge in [0.15, 0.2) is 0 Å². The molecule has 1 aliphatic rings. The van der Waals surface area contributed by atoms with Crippen molar-refractivity contribution in [3.05, 3.63) is 0 Å². The molecule has 1 saturated carbocycles. The van der Waals surface area contributed by atoms with Gasteiger partial charge in [0.25, 0.3) is 0 Å². The Bertz CT molecular complexity index is 172. The molecule has 1 aliphatic carbocycles. The highest BCUT2D eigenvalue weighted by molar-refractivity contribution is 6.21. The number of nitrogens with zero attached hydrogens (tertiary/aromatic N) is 1. The van der Waals surface area contributed by atoms with Gasteiger partial charge >= 0.3 is 0 Å². The highest BCUT2D eigenvalue weighted by Gasteiger charge is 2.26. The third-order valence-electron chi connectivity index (χ3n) is 1.55. The van der Waals surface area contributed by atoms with Gasteiger partial charge in [-0.05, 0) is 18.8 Å². The molecule has 1 rings (SSSR count). The van der Waals surface area contributed by atoms with E-state index in [2.05, 4.69) is 4.51 Å². The van der Waals surface area contributed by atoms with E-state index in [-0.39, 0.29) is 0 Å². The summed E-state index contributed by atoms with van der Waals surface area (Å²) in [6.07, 6.45) is 2.71. The minimum Gasteiger partial charge on any atom is -0.386 e. The summed E-state index contributed by atoms with van der Waals surface area (Å²) >= 11 is 5.09. The quantitative estimate of drug-likeness (QED) is 0.474. The van der Waals surface area contributed by atoms with E-state index in [9.17, 15) is 0 Å². The molecule has 56 valence electrons. The Morgan fingerprint density at radius 2 is 2.30 bits per heavy atom. The van der Waals surface area contributed by atoms with E-state index in [4.69, 9.17) is 22.9 Å². The van der Waals surface area contributed by atoms with Gasteiger partial charge in [-0.1, -0.05) is 0 Å². The van der Waals surface area contributed by atoms with Crippen LogP contribution in [0.15, 0.2) is 4.51 Å². The molecule has 10 heavy (non-hydrogen) atoms. The molecule has 0 saturated heterocycles. The normalized spacial score (nSPS) is 19.1. The number of halogens is 1. The van der Waals surface area contributed by atoms with Crippen molar-refractivity contribution in [2.45, 2.75) is 19.3 Å². The van der Waals surface area contributed by atoms with Crippen LogP contribution in [-0.4, -0.2) is 11.5 Å². The summed E-state index contributed by atoms with van der Waals surface area (Å²) in [5, 5.41) is 7.42. The monoisotopic (exact) mass is 159 g/mol. The van der Waals surface area contributed by atoms with Crippen molar-refractivity contribution >= 4 is 23.3 Å². The number of nitrogens with two attached hydrogens (primary N) is 1. The van der Waals surface area contributed by atoms with Crippen molar-refractivity contribution in [1.29, 1.82) is 5.41 Å². The van der Waals surface area contributed by atoms with Gasteiger partial charge in [-0.25, -0.2) is 0 Å².